The van der Waals surface area contributed by atoms with Crippen LogP contribution in [0.25, 0.3) is 17.1 Å². The summed E-state index contributed by atoms with van der Waals surface area (Å²) in [6, 6.07) is 3.72. The second-order valence-corrected chi connectivity index (χ2v) is 5.13. The van der Waals surface area contributed by atoms with Gasteiger partial charge in [0.05, 0.1) is 12.1 Å². The third-order valence-electron chi connectivity index (χ3n) is 3.44. The van der Waals surface area contributed by atoms with Gasteiger partial charge in [0, 0.05) is 19.0 Å². The molecule has 120 valence electrons. The van der Waals surface area contributed by atoms with E-state index >= 15 is 0 Å². The predicted molar refractivity (Wildman–Crippen MR) is 82.4 cm³/mol. The molecule has 1 N–H and O–H groups in total. The lowest BCUT2D eigenvalue weighted by Crippen LogP contribution is -2.22. The summed E-state index contributed by atoms with van der Waals surface area (Å²) >= 11 is 0. The van der Waals surface area contributed by atoms with E-state index in [9.17, 15) is 4.79 Å². The van der Waals surface area contributed by atoms with E-state index in [1.165, 1.54) is 0 Å². The van der Waals surface area contributed by atoms with Crippen molar-refractivity contribution in [3.8, 4) is 11.5 Å². The number of hydrogen-bond donors (Lipinski definition) is 1. The molecule has 0 aliphatic rings. The highest BCUT2D eigenvalue weighted by Gasteiger charge is 2.16. The molecule has 0 atom stereocenters. The zero-order valence-corrected chi connectivity index (χ0v) is 13.1. The molecule has 0 aromatic carbocycles. The third kappa shape index (κ3) is 3.05. The van der Waals surface area contributed by atoms with Crippen molar-refractivity contribution in [2.45, 2.75) is 39.7 Å². The van der Waals surface area contributed by atoms with Gasteiger partial charge in [-0.25, -0.2) is 0 Å². The van der Waals surface area contributed by atoms with Crippen molar-refractivity contribution >= 4 is 11.6 Å². The van der Waals surface area contributed by atoms with Gasteiger partial charge in [-0.3, -0.25) is 9.20 Å². The number of nitrogens with zero attached hydrogens (tertiary/aromatic N) is 5. The maximum Gasteiger partial charge on any atom is 0.261 e. The highest BCUT2D eigenvalue weighted by molar-refractivity contribution is 5.75. The lowest BCUT2D eigenvalue weighted by atomic mass is 10.2. The molecular weight excluding hydrogens is 296 g/mol. The average molecular weight is 314 g/mol. The van der Waals surface area contributed by atoms with E-state index in [2.05, 4.69) is 32.6 Å². The quantitative estimate of drug-likeness (QED) is 0.744. The van der Waals surface area contributed by atoms with Crippen LogP contribution in [0.15, 0.2) is 22.9 Å². The molecule has 3 aromatic heterocycles. The van der Waals surface area contributed by atoms with Crippen molar-refractivity contribution < 1.29 is 9.32 Å². The third-order valence-corrected chi connectivity index (χ3v) is 3.44. The number of amides is 1. The summed E-state index contributed by atoms with van der Waals surface area (Å²) in [6.07, 6.45) is 4.00. The van der Waals surface area contributed by atoms with Gasteiger partial charge in [-0.1, -0.05) is 19.0 Å². The first-order valence-electron chi connectivity index (χ1n) is 7.65. The molecule has 0 radical (unpaired) electrons. The first-order valence-corrected chi connectivity index (χ1v) is 7.65. The number of nitrogens with one attached hydrogen (secondary N) is 1. The molecular formula is C15H18N6O2. The Kier molecular flexibility index (Phi) is 4.31. The van der Waals surface area contributed by atoms with Crippen LogP contribution in [0.3, 0.4) is 0 Å². The molecule has 8 nitrogen and oxygen atoms in total. The van der Waals surface area contributed by atoms with Gasteiger partial charge in [-0.15, -0.1) is 10.2 Å². The summed E-state index contributed by atoms with van der Waals surface area (Å²) in [5.41, 5.74) is 1.35. The van der Waals surface area contributed by atoms with Gasteiger partial charge in [-0.2, -0.15) is 4.98 Å². The second kappa shape index (κ2) is 6.55. The van der Waals surface area contributed by atoms with Gasteiger partial charge in [0.25, 0.3) is 5.89 Å². The van der Waals surface area contributed by atoms with Crippen molar-refractivity contribution in [3.05, 3.63) is 30.0 Å². The molecule has 3 heterocycles. The van der Waals surface area contributed by atoms with Crippen LogP contribution in [-0.4, -0.2) is 30.6 Å². The molecule has 0 unspecified atom stereocenters. The van der Waals surface area contributed by atoms with Crippen molar-refractivity contribution in [2.24, 2.45) is 0 Å². The average Bonchev–Trinajstić information content (AvgIpc) is 3.19. The monoisotopic (exact) mass is 314 g/mol. The van der Waals surface area contributed by atoms with E-state index in [1.807, 2.05) is 22.7 Å². The van der Waals surface area contributed by atoms with E-state index < -0.39 is 0 Å². The summed E-state index contributed by atoms with van der Waals surface area (Å²) in [6.45, 7) is 4.19. The normalized spacial score (nSPS) is 11.0. The minimum atomic E-state index is -0.0287. The molecule has 3 aromatic rings. The Morgan fingerprint density at radius 2 is 2.22 bits per heavy atom. The van der Waals surface area contributed by atoms with E-state index in [4.69, 9.17) is 4.52 Å². The number of carbonyl (C=O) groups is 1. The molecule has 0 spiro atoms. The number of pyridine rings is 1. The van der Waals surface area contributed by atoms with Crippen molar-refractivity contribution in [2.75, 3.05) is 0 Å². The van der Waals surface area contributed by atoms with Gasteiger partial charge >= 0.3 is 0 Å². The van der Waals surface area contributed by atoms with Crippen molar-refractivity contribution in [1.29, 1.82) is 0 Å². The Morgan fingerprint density at radius 3 is 3.00 bits per heavy atom. The molecule has 0 aliphatic carbocycles. The highest BCUT2D eigenvalue weighted by Crippen LogP contribution is 2.22. The predicted octanol–water partition coefficient (Wildman–Crippen LogP) is 1.76. The largest absolute Gasteiger partial charge is 0.349 e. The Morgan fingerprint density at radius 1 is 1.35 bits per heavy atom. The molecule has 0 bridgehead atoms. The molecule has 0 fully saturated rings. The van der Waals surface area contributed by atoms with Gasteiger partial charge in [0.15, 0.2) is 17.3 Å². The number of hydrogen-bond acceptors (Lipinski definition) is 6. The Bertz CT molecular complexity index is 822. The van der Waals surface area contributed by atoms with Gasteiger partial charge in [-0.05, 0) is 18.6 Å². The zero-order valence-electron chi connectivity index (χ0n) is 13.1. The fourth-order valence-corrected chi connectivity index (χ4v) is 2.24. The van der Waals surface area contributed by atoms with Gasteiger partial charge < -0.3 is 9.84 Å². The topological polar surface area (TPSA) is 98.2 Å². The minimum absolute atomic E-state index is 0.0287. The Balaban J connectivity index is 1.92. The summed E-state index contributed by atoms with van der Waals surface area (Å²) in [5, 5.41) is 15.1. The van der Waals surface area contributed by atoms with Crippen LogP contribution in [0.5, 0.6) is 0 Å². The fourth-order valence-electron chi connectivity index (χ4n) is 2.24. The van der Waals surface area contributed by atoms with Crippen LogP contribution in [0.2, 0.25) is 0 Å². The van der Waals surface area contributed by atoms with Gasteiger partial charge in [0.2, 0.25) is 5.91 Å². The van der Waals surface area contributed by atoms with E-state index in [0.29, 0.717) is 36.2 Å². The Labute approximate surface area is 132 Å². The lowest BCUT2D eigenvalue weighted by Gasteiger charge is -2.03. The van der Waals surface area contributed by atoms with Crippen molar-refractivity contribution in [1.82, 2.24) is 30.1 Å². The molecule has 8 heteroatoms. The van der Waals surface area contributed by atoms with Crippen LogP contribution in [0.1, 0.15) is 38.3 Å². The summed E-state index contributed by atoms with van der Waals surface area (Å²) < 4.78 is 7.14. The molecule has 0 saturated carbocycles. The molecule has 23 heavy (non-hydrogen) atoms. The highest BCUT2D eigenvalue weighted by atomic mass is 16.5. The smallest absolute Gasteiger partial charge is 0.261 e. The van der Waals surface area contributed by atoms with Crippen molar-refractivity contribution in [3.63, 3.8) is 0 Å². The van der Waals surface area contributed by atoms with Crippen LogP contribution in [0, 0.1) is 0 Å². The minimum Gasteiger partial charge on any atom is -0.349 e. The van der Waals surface area contributed by atoms with Crippen LogP contribution < -0.4 is 5.32 Å². The molecule has 0 saturated heterocycles. The molecule has 1 amide bonds. The standard InChI is InChI=1S/C15H18N6O2/c1-3-6-11-17-15(23-20-11)10-7-5-8-21-12(18-19-14(10)21)9-16-13(22)4-2/h5,7-8H,3-4,6,9H2,1-2H3,(H,16,22). The first kappa shape index (κ1) is 15.1. The summed E-state index contributed by atoms with van der Waals surface area (Å²) in [7, 11) is 0. The Hall–Kier alpha value is -2.77. The van der Waals surface area contributed by atoms with E-state index in [0.717, 1.165) is 18.4 Å². The van der Waals surface area contributed by atoms with Gasteiger partial charge in [0.1, 0.15) is 0 Å². The lowest BCUT2D eigenvalue weighted by molar-refractivity contribution is -0.120. The number of aryl methyl sites for hydroxylation is 1. The number of aromatic nitrogens is 5. The molecule has 0 aliphatic heterocycles. The molecule has 3 rings (SSSR count). The SMILES string of the molecule is CCCc1noc(-c2cccn3c(CNC(=O)CC)nnc23)n1. The maximum absolute atomic E-state index is 11.4. The van der Waals surface area contributed by atoms with Crippen LogP contribution >= 0.6 is 0 Å². The summed E-state index contributed by atoms with van der Waals surface area (Å²) in [5.74, 6) is 1.73. The van der Waals surface area contributed by atoms with Crippen LogP contribution in [0.4, 0.5) is 0 Å². The van der Waals surface area contributed by atoms with E-state index in [1.54, 1.807) is 6.92 Å². The first-order chi connectivity index (χ1) is 11.2. The zero-order chi connectivity index (χ0) is 16.2. The number of rotatable bonds is 6. The van der Waals surface area contributed by atoms with Crippen LogP contribution in [-0.2, 0) is 17.8 Å². The van der Waals surface area contributed by atoms with E-state index in [-0.39, 0.29) is 5.91 Å². The second-order valence-electron chi connectivity index (χ2n) is 5.13. The fraction of sp³-hybridized carbons (Fsp3) is 0.400. The number of carbonyl (C=O) groups excluding carboxylic acids is 1. The number of fused-ring (bicyclic) bond motifs is 1. The summed E-state index contributed by atoms with van der Waals surface area (Å²) in [4.78, 5) is 15.8. The maximum atomic E-state index is 11.4.